The Hall–Kier alpha value is -0.980. The van der Waals surface area contributed by atoms with E-state index in [9.17, 15) is 16.8 Å². The van der Waals surface area contributed by atoms with E-state index >= 15 is 0 Å². The number of aryl methyl sites for hydroxylation is 2. The third kappa shape index (κ3) is 3.56. The highest BCUT2D eigenvalue weighted by Crippen LogP contribution is 2.29. The summed E-state index contributed by atoms with van der Waals surface area (Å²) in [4.78, 5) is 0.167. The van der Waals surface area contributed by atoms with Crippen molar-refractivity contribution < 1.29 is 16.8 Å². The van der Waals surface area contributed by atoms with Crippen LogP contribution < -0.4 is 0 Å². The van der Waals surface area contributed by atoms with E-state index in [4.69, 9.17) is 11.6 Å². The Kier molecular flexibility index (Phi) is 5.48. The summed E-state index contributed by atoms with van der Waals surface area (Å²) in [5, 5.41) is 4.18. The highest BCUT2D eigenvalue weighted by molar-refractivity contribution is 7.91. The van der Waals surface area contributed by atoms with Gasteiger partial charge in [0, 0.05) is 38.9 Å². The Bertz CT molecular complexity index is 1000. The minimum absolute atomic E-state index is 0.0947. The van der Waals surface area contributed by atoms with E-state index in [-0.39, 0.29) is 35.3 Å². The van der Waals surface area contributed by atoms with Gasteiger partial charge in [0.2, 0.25) is 10.0 Å². The number of halogens is 1. The minimum atomic E-state index is -3.70. The fraction of sp³-hybridized carbons (Fsp3) is 0.500. The van der Waals surface area contributed by atoms with Gasteiger partial charge in [-0.25, -0.2) is 16.8 Å². The molecule has 0 spiro atoms. The molecule has 0 radical (unpaired) electrons. The Morgan fingerprint density at radius 2 is 1.65 bits per heavy atom. The van der Waals surface area contributed by atoms with Gasteiger partial charge in [-0.15, -0.1) is 11.3 Å². The lowest BCUT2D eigenvalue weighted by atomic mass is 10.4. The molecule has 1 aliphatic rings. The molecule has 26 heavy (non-hydrogen) atoms. The maximum absolute atomic E-state index is 12.9. The van der Waals surface area contributed by atoms with Gasteiger partial charge >= 0.3 is 0 Å². The first-order valence-electron chi connectivity index (χ1n) is 7.96. The molecular formula is C14H19ClN4O4S3. The number of sulfonamides is 2. The average molecular weight is 439 g/mol. The first-order chi connectivity index (χ1) is 12.2. The zero-order chi connectivity index (χ0) is 19.1. The zero-order valence-corrected chi connectivity index (χ0v) is 17.5. The van der Waals surface area contributed by atoms with E-state index in [1.165, 1.54) is 26.9 Å². The minimum Gasteiger partial charge on any atom is -0.271 e. The molecule has 2 aromatic rings. The van der Waals surface area contributed by atoms with Crippen molar-refractivity contribution in [3.63, 3.8) is 0 Å². The summed E-state index contributed by atoms with van der Waals surface area (Å²) in [6.07, 6.45) is 1.52. The van der Waals surface area contributed by atoms with Gasteiger partial charge < -0.3 is 0 Å². The third-order valence-electron chi connectivity index (χ3n) is 4.18. The Morgan fingerprint density at radius 3 is 2.12 bits per heavy atom. The van der Waals surface area contributed by atoms with Gasteiger partial charge in [0.15, 0.2) is 0 Å². The van der Waals surface area contributed by atoms with Crippen LogP contribution in [0.5, 0.6) is 0 Å². The lowest BCUT2D eigenvalue weighted by Crippen LogP contribution is -2.50. The van der Waals surface area contributed by atoms with Gasteiger partial charge in [0.1, 0.15) is 9.10 Å². The van der Waals surface area contributed by atoms with Crippen LogP contribution in [0.1, 0.15) is 12.6 Å². The molecule has 3 heterocycles. The second-order valence-electron chi connectivity index (χ2n) is 5.80. The second-order valence-corrected chi connectivity index (χ2v) is 11.6. The van der Waals surface area contributed by atoms with Crippen LogP contribution in [-0.2, 0) is 26.6 Å². The highest BCUT2D eigenvalue weighted by atomic mass is 35.5. The predicted molar refractivity (Wildman–Crippen MR) is 99.5 cm³/mol. The molecule has 144 valence electrons. The number of aromatic nitrogens is 2. The molecule has 8 nitrogen and oxygen atoms in total. The molecule has 0 unspecified atom stereocenters. The van der Waals surface area contributed by atoms with Crippen molar-refractivity contribution in [3.05, 3.63) is 28.4 Å². The monoisotopic (exact) mass is 438 g/mol. The van der Waals surface area contributed by atoms with E-state index in [2.05, 4.69) is 5.10 Å². The maximum atomic E-state index is 12.9. The molecule has 0 saturated carbocycles. The number of hydrogen-bond acceptors (Lipinski definition) is 6. The van der Waals surface area contributed by atoms with Crippen molar-refractivity contribution in [1.29, 1.82) is 0 Å². The molecule has 3 rings (SSSR count). The van der Waals surface area contributed by atoms with E-state index in [0.717, 1.165) is 11.3 Å². The summed E-state index contributed by atoms with van der Waals surface area (Å²) >= 11 is 6.82. The fourth-order valence-corrected chi connectivity index (χ4v) is 7.42. The molecule has 0 bridgehead atoms. The summed E-state index contributed by atoms with van der Waals surface area (Å²) in [6.45, 7) is 4.49. The van der Waals surface area contributed by atoms with Crippen LogP contribution in [0.3, 0.4) is 0 Å². The molecule has 0 amide bonds. The van der Waals surface area contributed by atoms with Crippen LogP contribution in [0, 0.1) is 6.92 Å². The van der Waals surface area contributed by atoms with Crippen molar-refractivity contribution >= 4 is 43.0 Å². The lowest BCUT2D eigenvalue weighted by Gasteiger charge is -2.32. The average Bonchev–Trinajstić information content (AvgIpc) is 3.21. The Labute approximate surface area is 162 Å². The summed E-state index contributed by atoms with van der Waals surface area (Å²) in [7, 11) is -7.35. The van der Waals surface area contributed by atoms with Gasteiger partial charge in [-0.3, -0.25) is 4.68 Å². The van der Waals surface area contributed by atoms with Crippen LogP contribution in [0.15, 0.2) is 27.4 Å². The highest BCUT2D eigenvalue weighted by Gasteiger charge is 2.35. The van der Waals surface area contributed by atoms with Gasteiger partial charge in [-0.2, -0.15) is 13.7 Å². The SMILES string of the molecule is CCn1cc(S(=O)(=O)N2CCN(S(=O)(=O)c3ccc(Cl)s3)CC2)c(C)n1. The Morgan fingerprint density at radius 1 is 1.08 bits per heavy atom. The van der Waals surface area contributed by atoms with E-state index in [0.29, 0.717) is 16.6 Å². The standard InChI is InChI=1S/C14H19ClN4O4S3/c1-3-17-10-12(11(2)16-17)25(20,21)18-6-8-19(9-7-18)26(22,23)14-5-4-13(15)24-14/h4-5,10H,3,6-9H2,1-2H3. The fourth-order valence-electron chi connectivity index (χ4n) is 2.77. The smallest absolute Gasteiger partial charge is 0.252 e. The predicted octanol–water partition coefficient (Wildman–Crippen LogP) is 1.62. The molecule has 2 aromatic heterocycles. The van der Waals surface area contributed by atoms with Crippen molar-refractivity contribution in [2.45, 2.75) is 29.5 Å². The number of hydrogen-bond donors (Lipinski definition) is 0. The van der Waals surface area contributed by atoms with Gasteiger partial charge in [-0.1, -0.05) is 11.6 Å². The van der Waals surface area contributed by atoms with E-state index < -0.39 is 20.0 Å². The topological polar surface area (TPSA) is 92.6 Å². The molecule has 0 N–H and O–H groups in total. The second kappa shape index (κ2) is 7.21. The summed E-state index contributed by atoms with van der Waals surface area (Å²) < 4.78 is 55.7. The van der Waals surface area contributed by atoms with Crippen LogP contribution >= 0.6 is 22.9 Å². The van der Waals surface area contributed by atoms with Crippen molar-refractivity contribution in [2.75, 3.05) is 26.2 Å². The number of thiophene rings is 1. The normalized spacial score (nSPS) is 17.7. The van der Waals surface area contributed by atoms with Crippen LogP contribution in [0.25, 0.3) is 0 Å². The molecule has 1 saturated heterocycles. The molecule has 0 aliphatic carbocycles. The molecule has 1 aliphatic heterocycles. The lowest BCUT2D eigenvalue weighted by molar-refractivity contribution is 0.273. The molecule has 12 heteroatoms. The van der Waals surface area contributed by atoms with Gasteiger partial charge in [0.25, 0.3) is 10.0 Å². The summed E-state index contributed by atoms with van der Waals surface area (Å²) in [5.74, 6) is 0. The van der Waals surface area contributed by atoms with Crippen LogP contribution in [0.2, 0.25) is 4.34 Å². The first kappa shape index (κ1) is 19.8. The number of nitrogens with zero attached hydrogens (tertiary/aromatic N) is 4. The molecule has 1 fully saturated rings. The van der Waals surface area contributed by atoms with Crippen molar-refractivity contribution in [1.82, 2.24) is 18.4 Å². The van der Waals surface area contributed by atoms with Crippen molar-refractivity contribution in [3.8, 4) is 0 Å². The Balaban J connectivity index is 1.76. The molecule has 0 aromatic carbocycles. The first-order valence-corrected chi connectivity index (χ1v) is 12.0. The van der Waals surface area contributed by atoms with E-state index in [1.807, 2.05) is 6.92 Å². The zero-order valence-electron chi connectivity index (χ0n) is 14.3. The summed E-state index contributed by atoms with van der Waals surface area (Å²) in [6, 6.07) is 3.00. The summed E-state index contributed by atoms with van der Waals surface area (Å²) in [5.41, 5.74) is 0.440. The molecular weight excluding hydrogens is 420 g/mol. The van der Waals surface area contributed by atoms with Gasteiger partial charge in [0.05, 0.1) is 10.0 Å². The largest absolute Gasteiger partial charge is 0.271 e. The number of piperazine rings is 1. The third-order valence-corrected chi connectivity index (χ3v) is 9.78. The van der Waals surface area contributed by atoms with Crippen LogP contribution in [0.4, 0.5) is 0 Å². The van der Waals surface area contributed by atoms with Crippen LogP contribution in [-0.4, -0.2) is 61.4 Å². The van der Waals surface area contributed by atoms with E-state index in [1.54, 1.807) is 11.6 Å². The maximum Gasteiger partial charge on any atom is 0.252 e. The number of rotatable bonds is 5. The molecule has 0 atom stereocenters. The van der Waals surface area contributed by atoms with Crippen molar-refractivity contribution in [2.24, 2.45) is 0 Å². The quantitative estimate of drug-likeness (QED) is 0.707. The van der Waals surface area contributed by atoms with Gasteiger partial charge in [-0.05, 0) is 26.0 Å².